The third-order valence-corrected chi connectivity index (χ3v) is 3.41. The first-order valence-electron chi connectivity index (χ1n) is 5.70. The first kappa shape index (κ1) is 15.0. The van der Waals surface area contributed by atoms with Crippen molar-refractivity contribution in [3.8, 4) is 0 Å². The van der Waals surface area contributed by atoms with E-state index in [4.69, 9.17) is 0 Å². The molecule has 0 fully saturated rings. The van der Waals surface area contributed by atoms with Crippen molar-refractivity contribution in [1.82, 2.24) is 5.32 Å². The van der Waals surface area contributed by atoms with Crippen molar-refractivity contribution < 1.29 is 17.6 Å². The zero-order valence-corrected chi connectivity index (χ0v) is 11.9. The molecule has 1 atom stereocenters. The van der Waals surface area contributed by atoms with Gasteiger partial charge in [-0.15, -0.1) is 0 Å². The number of nitrogens with one attached hydrogen (secondary N) is 1. The van der Waals surface area contributed by atoms with E-state index in [0.29, 0.717) is 10.5 Å². The van der Waals surface area contributed by atoms with Gasteiger partial charge in [0, 0.05) is 21.7 Å². The Kier molecular flexibility index (Phi) is 4.45. The highest BCUT2D eigenvalue weighted by Crippen LogP contribution is 2.29. The lowest BCUT2D eigenvalue weighted by Crippen LogP contribution is -2.20. The second-order valence-corrected chi connectivity index (χ2v) is 5.09. The van der Waals surface area contributed by atoms with Crippen molar-refractivity contribution in [3.63, 3.8) is 0 Å². The van der Waals surface area contributed by atoms with Crippen molar-refractivity contribution in [1.29, 1.82) is 0 Å². The Hall–Kier alpha value is -1.40. The Balaban J connectivity index is 2.55. The summed E-state index contributed by atoms with van der Waals surface area (Å²) in [5, 5.41) is 2.70. The first-order chi connectivity index (χ1) is 9.43. The van der Waals surface area contributed by atoms with E-state index in [1.54, 1.807) is 6.07 Å². The fraction of sp³-hybridized carbons (Fsp3) is 0.143. The molecule has 2 aromatic rings. The highest BCUT2D eigenvalue weighted by atomic mass is 79.9. The van der Waals surface area contributed by atoms with Gasteiger partial charge >= 0.3 is 0 Å². The summed E-state index contributed by atoms with van der Waals surface area (Å²) in [6, 6.07) is 4.51. The molecule has 0 amide bonds. The van der Waals surface area contributed by atoms with Crippen LogP contribution in [0, 0.1) is 23.3 Å². The maximum Gasteiger partial charge on any atom is 0.161 e. The largest absolute Gasteiger partial charge is 0.309 e. The van der Waals surface area contributed by atoms with Crippen LogP contribution in [0.15, 0.2) is 34.8 Å². The van der Waals surface area contributed by atoms with Gasteiger partial charge in [-0.25, -0.2) is 17.6 Å². The molecule has 0 bridgehead atoms. The minimum atomic E-state index is -1.28. The van der Waals surface area contributed by atoms with Crippen LogP contribution in [0.5, 0.6) is 0 Å². The van der Waals surface area contributed by atoms with Crippen LogP contribution in [0.2, 0.25) is 0 Å². The van der Waals surface area contributed by atoms with E-state index >= 15 is 0 Å². The van der Waals surface area contributed by atoms with Gasteiger partial charge in [-0.05, 0) is 25.2 Å². The zero-order chi connectivity index (χ0) is 14.9. The SMILES string of the molecule is CNC(c1ccc(Br)cc1F)c1cc(F)c(F)cc1F. The van der Waals surface area contributed by atoms with Crippen LogP contribution >= 0.6 is 15.9 Å². The molecule has 20 heavy (non-hydrogen) atoms. The van der Waals surface area contributed by atoms with Crippen LogP contribution in [-0.2, 0) is 0 Å². The second-order valence-electron chi connectivity index (χ2n) is 4.18. The van der Waals surface area contributed by atoms with E-state index in [1.807, 2.05) is 0 Å². The van der Waals surface area contributed by atoms with Crippen molar-refractivity contribution in [2.24, 2.45) is 0 Å². The van der Waals surface area contributed by atoms with Crippen LogP contribution in [0.1, 0.15) is 17.2 Å². The molecule has 106 valence electrons. The molecule has 0 heterocycles. The zero-order valence-electron chi connectivity index (χ0n) is 10.4. The van der Waals surface area contributed by atoms with Crippen LogP contribution < -0.4 is 5.32 Å². The molecular weight excluding hydrogens is 338 g/mol. The van der Waals surface area contributed by atoms with Crippen molar-refractivity contribution in [3.05, 3.63) is 69.2 Å². The summed E-state index contributed by atoms with van der Waals surface area (Å²) >= 11 is 3.12. The van der Waals surface area contributed by atoms with Crippen molar-refractivity contribution in [2.75, 3.05) is 7.05 Å². The second kappa shape index (κ2) is 5.93. The van der Waals surface area contributed by atoms with Crippen LogP contribution in [0.25, 0.3) is 0 Å². The smallest absolute Gasteiger partial charge is 0.161 e. The average molecular weight is 348 g/mol. The van der Waals surface area contributed by atoms with Crippen LogP contribution in [0.3, 0.4) is 0 Å². The Bertz CT molecular complexity index is 645. The molecule has 1 unspecified atom stereocenters. The highest BCUT2D eigenvalue weighted by Gasteiger charge is 2.22. The summed E-state index contributed by atoms with van der Waals surface area (Å²) in [6.45, 7) is 0. The van der Waals surface area contributed by atoms with E-state index in [-0.39, 0.29) is 11.1 Å². The average Bonchev–Trinajstić information content (AvgIpc) is 2.38. The Morgan fingerprint density at radius 3 is 2.05 bits per heavy atom. The van der Waals surface area contributed by atoms with Gasteiger partial charge in [0.05, 0.1) is 6.04 Å². The van der Waals surface area contributed by atoms with Gasteiger partial charge in [0.1, 0.15) is 11.6 Å². The quantitative estimate of drug-likeness (QED) is 0.644. The Morgan fingerprint density at radius 1 is 0.850 bits per heavy atom. The van der Waals surface area contributed by atoms with Gasteiger partial charge in [-0.3, -0.25) is 0 Å². The van der Waals surface area contributed by atoms with E-state index in [0.717, 1.165) is 6.07 Å². The lowest BCUT2D eigenvalue weighted by Gasteiger charge is -2.19. The molecule has 2 rings (SSSR count). The fourth-order valence-electron chi connectivity index (χ4n) is 1.97. The molecule has 2 aromatic carbocycles. The number of hydrogen-bond donors (Lipinski definition) is 1. The third kappa shape index (κ3) is 2.86. The molecule has 0 aliphatic carbocycles. The summed E-state index contributed by atoms with van der Waals surface area (Å²) in [5.41, 5.74) is -0.0202. The Labute approximate surface area is 121 Å². The number of hydrogen-bond acceptors (Lipinski definition) is 1. The summed E-state index contributed by atoms with van der Waals surface area (Å²) in [6.07, 6.45) is 0. The van der Waals surface area contributed by atoms with Crippen LogP contribution in [-0.4, -0.2) is 7.05 Å². The molecule has 0 saturated carbocycles. The molecule has 6 heteroatoms. The molecule has 0 aliphatic rings. The van der Waals surface area contributed by atoms with Crippen LogP contribution in [0.4, 0.5) is 17.6 Å². The lowest BCUT2D eigenvalue weighted by molar-refractivity contribution is 0.481. The molecule has 1 N–H and O–H groups in total. The van der Waals surface area contributed by atoms with Crippen molar-refractivity contribution >= 4 is 15.9 Å². The van der Waals surface area contributed by atoms with E-state index in [1.165, 1.54) is 19.2 Å². The van der Waals surface area contributed by atoms with Gasteiger partial charge in [0.15, 0.2) is 11.6 Å². The van der Waals surface area contributed by atoms with E-state index in [2.05, 4.69) is 21.2 Å². The molecule has 0 aliphatic heterocycles. The molecule has 0 spiro atoms. The fourth-order valence-corrected chi connectivity index (χ4v) is 2.31. The van der Waals surface area contributed by atoms with E-state index in [9.17, 15) is 17.6 Å². The van der Waals surface area contributed by atoms with Gasteiger partial charge in [0.2, 0.25) is 0 Å². The number of rotatable bonds is 3. The topological polar surface area (TPSA) is 12.0 Å². The normalized spacial score (nSPS) is 12.5. The minimum Gasteiger partial charge on any atom is -0.309 e. The summed E-state index contributed by atoms with van der Waals surface area (Å²) in [7, 11) is 1.48. The van der Waals surface area contributed by atoms with Gasteiger partial charge in [0.25, 0.3) is 0 Å². The summed E-state index contributed by atoms with van der Waals surface area (Å²) in [4.78, 5) is 0. The molecule has 0 radical (unpaired) electrons. The van der Waals surface area contributed by atoms with Crippen molar-refractivity contribution in [2.45, 2.75) is 6.04 Å². The van der Waals surface area contributed by atoms with Gasteiger partial charge < -0.3 is 5.32 Å². The third-order valence-electron chi connectivity index (χ3n) is 2.91. The van der Waals surface area contributed by atoms with Gasteiger partial charge in [-0.2, -0.15) is 0 Å². The molecule has 0 saturated heterocycles. The molecule has 1 nitrogen and oxygen atoms in total. The van der Waals surface area contributed by atoms with Gasteiger partial charge in [-0.1, -0.05) is 22.0 Å². The predicted molar refractivity (Wildman–Crippen MR) is 71.3 cm³/mol. The highest BCUT2D eigenvalue weighted by molar-refractivity contribution is 9.10. The number of halogens is 5. The molecular formula is C14H10BrF4N. The summed E-state index contributed by atoms with van der Waals surface area (Å²) in [5.74, 6) is -3.98. The summed E-state index contributed by atoms with van der Waals surface area (Å²) < 4.78 is 54.4. The maximum atomic E-state index is 13.9. The lowest BCUT2D eigenvalue weighted by atomic mass is 9.97. The first-order valence-corrected chi connectivity index (χ1v) is 6.50. The number of benzene rings is 2. The standard InChI is InChI=1S/C14H10BrF4N/c1-20-14(8-3-2-7(15)4-10(8)16)9-5-12(18)13(19)6-11(9)17/h2-6,14,20H,1H3. The Morgan fingerprint density at radius 2 is 1.45 bits per heavy atom. The minimum absolute atomic E-state index is 0.139. The van der Waals surface area contributed by atoms with E-state index < -0.39 is 29.3 Å². The predicted octanol–water partition coefficient (Wildman–Crippen LogP) is 4.31. The monoisotopic (exact) mass is 347 g/mol. The molecule has 0 aromatic heterocycles. The maximum absolute atomic E-state index is 13.9.